The van der Waals surface area contributed by atoms with Crippen LogP contribution in [0.3, 0.4) is 0 Å². The van der Waals surface area contributed by atoms with E-state index < -0.39 is 11.8 Å². The van der Waals surface area contributed by atoms with Crippen LogP contribution in [0.5, 0.6) is 5.75 Å². The van der Waals surface area contributed by atoms with Gasteiger partial charge in [-0.05, 0) is 43.4 Å². The highest BCUT2D eigenvalue weighted by atomic mass is 35.5. The molecule has 1 saturated heterocycles. The second-order valence-electron chi connectivity index (χ2n) is 5.50. The van der Waals surface area contributed by atoms with E-state index in [9.17, 15) is 9.59 Å². The number of benzene rings is 2. The molecule has 27 heavy (non-hydrogen) atoms. The van der Waals surface area contributed by atoms with Crippen LogP contribution in [-0.4, -0.2) is 23.5 Å². The van der Waals surface area contributed by atoms with Crippen LogP contribution in [0.2, 0.25) is 10.0 Å². The Bertz CT molecular complexity index is 975. The molecule has 0 saturated carbocycles. The molecule has 1 aliphatic rings. The second kappa shape index (κ2) is 8.08. The van der Waals surface area contributed by atoms with Gasteiger partial charge in [-0.1, -0.05) is 47.5 Å². The summed E-state index contributed by atoms with van der Waals surface area (Å²) in [6, 6.07) is 11.9. The van der Waals surface area contributed by atoms with E-state index in [0.29, 0.717) is 23.6 Å². The van der Waals surface area contributed by atoms with Crippen LogP contribution in [0.15, 0.2) is 48.0 Å². The second-order valence-corrected chi connectivity index (χ2v) is 6.67. The fourth-order valence-electron chi connectivity index (χ4n) is 2.58. The monoisotopic (exact) mass is 420 g/mol. The number of carbonyl (C=O) groups excluding carboxylic acids is 2. The van der Waals surface area contributed by atoms with Crippen molar-refractivity contribution in [2.24, 2.45) is 0 Å². The van der Waals surface area contributed by atoms with Crippen molar-refractivity contribution < 1.29 is 14.3 Å². The lowest BCUT2D eigenvalue weighted by molar-refractivity contribution is -0.122. The van der Waals surface area contributed by atoms with E-state index in [1.807, 2.05) is 13.0 Å². The molecule has 2 amide bonds. The molecule has 0 unspecified atom stereocenters. The first-order chi connectivity index (χ1) is 12.9. The summed E-state index contributed by atoms with van der Waals surface area (Å²) in [4.78, 5) is 26.6. The minimum atomic E-state index is -0.598. The summed E-state index contributed by atoms with van der Waals surface area (Å²) in [6.45, 7) is 2.30. The van der Waals surface area contributed by atoms with Gasteiger partial charge in [0.2, 0.25) is 0 Å². The molecule has 5 nitrogen and oxygen atoms in total. The zero-order valence-electron chi connectivity index (χ0n) is 14.2. The van der Waals surface area contributed by atoms with Gasteiger partial charge in [0.15, 0.2) is 5.11 Å². The molecule has 1 aliphatic heterocycles. The SMILES string of the molecule is CCOc1ccccc1/C=C1/C(=O)NC(=S)N(c2cccc(Cl)c2Cl)C1=O. The molecule has 0 aromatic heterocycles. The van der Waals surface area contributed by atoms with Gasteiger partial charge in [-0.15, -0.1) is 0 Å². The Hall–Kier alpha value is -2.41. The van der Waals surface area contributed by atoms with Crippen molar-refractivity contribution in [1.29, 1.82) is 0 Å². The fourth-order valence-corrected chi connectivity index (χ4v) is 3.24. The molecule has 0 radical (unpaired) electrons. The average molecular weight is 421 g/mol. The molecule has 2 aromatic rings. The molecule has 1 fully saturated rings. The predicted octanol–water partition coefficient (Wildman–Crippen LogP) is 4.22. The summed E-state index contributed by atoms with van der Waals surface area (Å²) in [6.07, 6.45) is 1.47. The van der Waals surface area contributed by atoms with E-state index in [0.717, 1.165) is 4.90 Å². The lowest BCUT2D eigenvalue weighted by atomic mass is 10.1. The number of para-hydroxylation sites is 1. The van der Waals surface area contributed by atoms with Crippen LogP contribution >= 0.6 is 35.4 Å². The molecular formula is C19H14Cl2N2O3S. The molecule has 0 aliphatic carbocycles. The quantitative estimate of drug-likeness (QED) is 0.456. The third kappa shape index (κ3) is 3.83. The van der Waals surface area contributed by atoms with E-state index in [2.05, 4.69) is 5.32 Å². The van der Waals surface area contributed by atoms with Crippen molar-refractivity contribution in [2.45, 2.75) is 6.92 Å². The van der Waals surface area contributed by atoms with E-state index in [1.165, 1.54) is 6.08 Å². The first-order valence-electron chi connectivity index (χ1n) is 8.01. The van der Waals surface area contributed by atoms with Crippen LogP contribution in [-0.2, 0) is 9.59 Å². The number of hydrogen-bond acceptors (Lipinski definition) is 4. The lowest BCUT2D eigenvalue weighted by Crippen LogP contribution is -2.54. The van der Waals surface area contributed by atoms with Crippen molar-refractivity contribution in [3.05, 3.63) is 63.6 Å². The molecule has 2 aromatic carbocycles. The minimum absolute atomic E-state index is 0.0654. The summed E-state index contributed by atoms with van der Waals surface area (Å²) in [7, 11) is 0. The van der Waals surface area contributed by atoms with E-state index in [-0.39, 0.29) is 20.7 Å². The number of anilines is 1. The molecule has 1 N–H and O–H groups in total. The average Bonchev–Trinajstić information content (AvgIpc) is 2.63. The third-order valence-corrected chi connectivity index (χ3v) is 4.89. The fraction of sp³-hybridized carbons (Fsp3) is 0.105. The standard InChI is InChI=1S/C19H14Cl2N2O3S/c1-2-26-15-9-4-3-6-11(15)10-12-17(24)22-19(27)23(18(12)25)14-8-5-7-13(20)16(14)21/h3-10H,2H2,1H3,(H,22,24,27)/b12-10-. The summed E-state index contributed by atoms with van der Waals surface area (Å²) in [5.74, 6) is -0.626. The Balaban J connectivity index is 2.07. The van der Waals surface area contributed by atoms with Gasteiger partial charge in [-0.2, -0.15) is 0 Å². The van der Waals surface area contributed by atoms with Gasteiger partial charge in [0.05, 0.1) is 22.3 Å². The maximum Gasteiger partial charge on any atom is 0.270 e. The maximum atomic E-state index is 13.1. The smallest absolute Gasteiger partial charge is 0.270 e. The van der Waals surface area contributed by atoms with Crippen LogP contribution < -0.4 is 15.0 Å². The Labute approximate surface area is 171 Å². The van der Waals surface area contributed by atoms with Gasteiger partial charge in [0, 0.05) is 5.56 Å². The summed E-state index contributed by atoms with van der Waals surface area (Å²) in [5, 5.41) is 2.89. The van der Waals surface area contributed by atoms with Gasteiger partial charge in [0.25, 0.3) is 11.8 Å². The predicted molar refractivity (Wildman–Crippen MR) is 110 cm³/mol. The molecule has 8 heteroatoms. The zero-order valence-corrected chi connectivity index (χ0v) is 16.5. The van der Waals surface area contributed by atoms with E-state index in [4.69, 9.17) is 40.2 Å². The summed E-state index contributed by atoms with van der Waals surface area (Å²) >= 11 is 17.4. The number of thiocarbonyl (C=S) groups is 1. The van der Waals surface area contributed by atoms with Crippen LogP contribution in [0.1, 0.15) is 12.5 Å². The van der Waals surface area contributed by atoms with Gasteiger partial charge < -0.3 is 4.74 Å². The Morgan fingerprint density at radius 2 is 1.89 bits per heavy atom. The molecular weight excluding hydrogens is 407 g/mol. The summed E-state index contributed by atoms with van der Waals surface area (Å²) in [5.41, 5.74) is 0.803. The van der Waals surface area contributed by atoms with Gasteiger partial charge in [-0.3, -0.25) is 19.8 Å². The van der Waals surface area contributed by atoms with E-state index in [1.54, 1.807) is 36.4 Å². The van der Waals surface area contributed by atoms with Gasteiger partial charge in [-0.25, -0.2) is 0 Å². The Kier molecular flexibility index (Phi) is 5.79. The van der Waals surface area contributed by atoms with Crippen molar-refractivity contribution in [1.82, 2.24) is 5.32 Å². The largest absolute Gasteiger partial charge is 0.493 e. The van der Waals surface area contributed by atoms with Crippen molar-refractivity contribution in [3.63, 3.8) is 0 Å². The topological polar surface area (TPSA) is 58.6 Å². The Morgan fingerprint density at radius 1 is 1.15 bits per heavy atom. The molecule has 138 valence electrons. The number of amides is 2. The first-order valence-corrected chi connectivity index (χ1v) is 9.17. The number of halogens is 2. The number of nitrogens with zero attached hydrogens (tertiary/aromatic N) is 1. The zero-order chi connectivity index (χ0) is 19.6. The number of carbonyl (C=O) groups is 2. The third-order valence-electron chi connectivity index (χ3n) is 3.79. The highest BCUT2D eigenvalue weighted by molar-refractivity contribution is 7.80. The number of rotatable bonds is 4. The lowest BCUT2D eigenvalue weighted by Gasteiger charge is -2.29. The van der Waals surface area contributed by atoms with Crippen molar-refractivity contribution in [2.75, 3.05) is 11.5 Å². The molecule has 3 rings (SSSR count). The molecule has 0 atom stereocenters. The van der Waals surface area contributed by atoms with Gasteiger partial charge >= 0.3 is 0 Å². The van der Waals surface area contributed by atoms with Crippen molar-refractivity contribution in [3.8, 4) is 5.75 Å². The van der Waals surface area contributed by atoms with Crippen LogP contribution in [0, 0.1) is 0 Å². The molecule has 1 heterocycles. The normalized spacial score (nSPS) is 15.9. The minimum Gasteiger partial charge on any atom is -0.493 e. The first kappa shape index (κ1) is 19.4. The van der Waals surface area contributed by atoms with Crippen LogP contribution in [0.4, 0.5) is 5.69 Å². The number of nitrogens with one attached hydrogen (secondary N) is 1. The molecule has 0 bridgehead atoms. The van der Waals surface area contributed by atoms with Crippen LogP contribution in [0.25, 0.3) is 6.08 Å². The highest BCUT2D eigenvalue weighted by Gasteiger charge is 2.35. The van der Waals surface area contributed by atoms with Crippen molar-refractivity contribution >= 4 is 64.1 Å². The number of ether oxygens (including phenoxy) is 1. The summed E-state index contributed by atoms with van der Waals surface area (Å²) < 4.78 is 5.55. The molecule has 0 spiro atoms. The number of hydrogen-bond donors (Lipinski definition) is 1. The Morgan fingerprint density at radius 3 is 2.63 bits per heavy atom. The van der Waals surface area contributed by atoms with E-state index >= 15 is 0 Å². The van der Waals surface area contributed by atoms with Gasteiger partial charge in [0.1, 0.15) is 11.3 Å². The highest BCUT2D eigenvalue weighted by Crippen LogP contribution is 2.34. The maximum absolute atomic E-state index is 13.1.